The second-order valence-electron chi connectivity index (χ2n) is 5.57. The summed E-state index contributed by atoms with van der Waals surface area (Å²) in [5.74, 6) is 0. The van der Waals surface area contributed by atoms with Crippen molar-refractivity contribution >= 4 is 10.0 Å². The van der Waals surface area contributed by atoms with Crippen LogP contribution in [0.1, 0.15) is 19.4 Å². The summed E-state index contributed by atoms with van der Waals surface area (Å²) in [5.41, 5.74) is 1.34. The fourth-order valence-corrected chi connectivity index (χ4v) is 3.71. The summed E-state index contributed by atoms with van der Waals surface area (Å²) in [6, 6.07) is 10.4. The lowest BCUT2D eigenvalue weighted by Gasteiger charge is -2.34. The zero-order chi connectivity index (χ0) is 14.6. The second-order valence-corrected chi connectivity index (χ2v) is 8.06. The molecule has 1 saturated heterocycles. The molecular weight excluding hydrogens is 272 g/mol. The molecule has 0 radical (unpaired) electrons. The molecule has 0 bridgehead atoms. The molecule has 1 heterocycles. The Balaban J connectivity index is 1.80. The molecule has 0 atom stereocenters. The fourth-order valence-electron chi connectivity index (χ4n) is 2.44. The first-order valence-electron chi connectivity index (χ1n) is 7.25. The second kappa shape index (κ2) is 6.70. The van der Waals surface area contributed by atoms with Crippen LogP contribution in [0.25, 0.3) is 0 Å². The van der Waals surface area contributed by atoms with Crippen molar-refractivity contribution in [2.45, 2.75) is 25.5 Å². The molecule has 0 spiro atoms. The summed E-state index contributed by atoms with van der Waals surface area (Å²) >= 11 is 0. The van der Waals surface area contributed by atoms with E-state index < -0.39 is 10.0 Å². The molecule has 0 saturated carbocycles. The van der Waals surface area contributed by atoms with E-state index in [1.807, 2.05) is 6.07 Å². The molecule has 0 unspecified atom stereocenters. The first-order valence-corrected chi connectivity index (χ1v) is 8.75. The number of rotatable bonds is 5. The molecule has 5 heteroatoms. The van der Waals surface area contributed by atoms with Gasteiger partial charge in [-0.2, -0.15) is 4.31 Å². The van der Waals surface area contributed by atoms with Gasteiger partial charge in [-0.05, 0) is 25.8 Å². The number of sulfonamides is 1. The van der Waals surface area contributed by atoms with E-state index >= 15 is 0 Å². The van der Waals surface area contributed by atoms with Gasteiger partial charge in [0.1, 0.15) is 0 Å². The van der Waals surface area contributed by atoms with Crippen LogP contribution in [0, 0.1) is 0 Å². The summed E-state index contributed by atoms with van der Waals surface area (Å²) in [6.07, 6.45) is 1.03. The molecule has 1 aromatic carbocycles. The lowest BCUT2D eigenvalue weighted by atomic mass is 10.1. The molecule has 1 aromatic rings. The maximum Gasteiger partial charge on any atom is 0.216 e. The van der Waals surface area contributed by atoms with Crippen molar-refractivity contribution in [2.24, 2.45) is 0 Å². The zero-order valence-electron chi connectivity index (χ0n) is 12.3. The Morgan fingerprint density at radius 3 is 2.20 bits per heavy atom. The maximum atomic E-state index is 12.1. The monoisotopic (exact) mass is 296 g/mol. The highest BCUT2D eigenvalue weighted by Crippen LogP contribution is 2.12. The Labute approximate surface area is 122 Å². The molecule has 0 amide bonds. The predicted octanol–water partition coefficient (Wildman–Crippen LogP) is 1.58. The largest absolute Gasteiger partial charge is 0.300 e. The van der Waals surface area contributed by atoms with Crippen LogP contribution in [0.3, 0.4) is 0 Å². The van der Waals surface area contributed by atoms with Gasteiger partial charge in [0.25, 0.3) is 0 Å². The first-order chi connectivity index (χ1) is 9.50. The summed E-state index contributed by atoms with van der Waals surface area (Å²) in [4.78, 5) is 2.35. The van der Waals surface area contributed by atoms with Gasteiger partial charge >= 0.3 is 0 Å². The van der Waals surface area contributed by atoms with Gasteiger partial charge < -0.3 is 4.90 Å². The van der Waals surface area contributed by atoms with E-state index in [1.54, 1.807) is 18.2 Å². The van der Waals surface area contributed by atoms with Gasteiger partial charge in [-0.25, -0.2) is 8.42 Å². The van der Waals surface area contributed by atoms with E-state index in [0.717, 1.165) is 26.1 Å². The van der Waals surface area contributed by atoms with Crippen LogP contribution in [-0.2, 0) is 16.4 Å². The van der Waals surface area contributed by atoms with Crippen molar-refractivity contribution in [3.63, 3.8) is 0 Å². The molecule has 0 N–H and O–H groups in total. The molecule has 1 aliphatic rings. The van der Waals surface area contributed by atoms with Gasteiger partial charge in [-0.1, -0.05) is 30.3 Å². The van der Waals surface area contributed by atoms with Crippen LogP contribution in [0.5, 0.6) is 0 Å². The summed E-state index contributed by atoms with van der Waals surface area (Å²) in [7, 11) is -3.08. The Morgan fingerprint density at radius 2 is 1.65 bits per heavy atom. The van der Waals surface area contributed by atoms with Crippen LogP contribution in [0.2, 0.25) is 0 Å². The smallest absolute Gasteiger partial charge is 0.216 e. The third kappa shape index (κ3) is 3.81. The van der Waals surface area contributed by atoms with E-state index in [4.69, 9.17) is 0 Å². The highest BCUT2D eigenvalue weighted by Gasteiger charge is 2.28. The predicted molar refractivity (Wildman–Crippen MR) is 82.2 cm³/mol. The van der Waals surface area contributed by atoms with E-state index in [1.165, 1.54) is 5.56 Å². The number of piperazine rings is 1. The third-order valence-corrected chi connectivity index (χ3v) is 6.12. The number of nitrogens with zero attached hydrogens (tertiary/aromatic N) is 2. The molecular formula is C15H24N2O2S. The van der Waals surface area contributed by atoms with E-state index in [9.17, 15) is 8.42 Å². The van der Waals surface area contributed by atoms with Crippen molar-refractivity contribution in [1.29, 1.82) is 0 Å². The number of benzene rings is 1. The van der Waals surface area contributed by atoms with Gasteiger partial charge in [-0.3, -0.25) is 0 Å². The fraction of sp³-hybridized carbons (Fsp3) is 0.600. The van der Waals surface area contributed by atoms with Crippen molar-refractivity contribution < 1.29 is 8.42 Å². The van der Waals surface area contributed by atoms with E-state index in [-0.39, 0.29) is 5.25 Å². The molecule has 0 aromatic heterocycles. The maximum absolute atomic E-state index is 12.1. The van der Waals surface area contributed by atoms with Crippen LogP contribution >= 0.6 is 0 Å². The highest BCUT2D eigenvalue weighted by atomic mass is 32.2. The van der Waals surface area contributed by atoms with Gasteiger partial charge in [0.2, 0.25) is 10.0 Å². The lowest BCUT2D eigenvalue weighted by molar-refractivity contribution is 0.189. The minimum atomic E-state index is -3.08. The molecule has 20 heavy (non-hydrogen) atoms. The van der Waals surface area contributed by atoms with Crippen LogP contribution < -0.4 is 0 Å². The van der Waals surface area contributed by atoms with Crippen molar-refractivity contribution in [2.75, 3.05) is 32.7 Å². The Bertz CT molecular complexity index is 506. The third-order valence-electron chi connectivity index (χ3n) is 3.85. The molecule has 4 nitrogen and oxygen atoms in total. The average Bonchev–Trinajstić information content (AvgIpc) is 2.46. The standard InChI is InChI=1S/C15H24N2O2S/c1-14(2)20(18,19)17-12-10-16(11-13-17)9-8-15-6-4-3-5-7-15/h3-7,14H,8-13H2,1-2H3. The summed E-state index contributed by atoms with van der Waals surface area (Å²) < 4.78 is 25.8. The quantitative estimate of drug-likeness (QED) is 0.828. The van der Waals surface area contributed by atoms with Gasteiger partial charge in [0.05, 0.1) is 5.25 Å². The van der Waals surface area contributed by atoms with Crippen molar-refractivity contribution in [1.82, 2.24) is 9.21 Å². The van der Waals surface area contributed by atoms with Crippen LogP contribution in [0.4, 0.5) is 0 Å². The summed E-state index contributed by atoms with van der Waals surface area (Å²) in [6.45, 7) is 7.40. The van der Waals surface area contributed by atoms with Crippen molar-refractivity contribution in [3.05, 3.63) is 35.9 Å². The van der Waals surface area contributed by atoms with Crippen LogP contribution in [-0.4, -0.2) is 55.6 Å². The minimum absolute atomic E-state index is 0.321. The highest BCUT2D eigenvalue weighted by molar-refractivity contribution is 7.89. The van der Waals surface area contributed by atoms with Gasteiger partial charge in [-0.15, -0.1) is 0 Å². The van der Waals surface area contributed by atoms with E-state index in [2.05, 4.69) is 29.2 Å². The Kier molecular flexibility index (Phi) is 5.18. The number of hydrogen-bond donors (Lipinski definition) is 0. The minimum Gasteiger partial charge on any atom is -0.300 e. The first kappa shape index (κ1) is 15.5. The molecule has 0 aliphatic carbocycles. The van der Waals surface area contributed by atoms with Gasteiger partial charge in [0.15, 0.2) is 0 Å². The topological polar surface area (TPSA) is 40.6 Å². The Hall–Kier alpha value is -0.910. The molecule has 112 valence electrons. The zero-order valence-corrected chi connectivity index (χ0v) is 13.1. The molecule has 1 aliphatic heterocycles. The van der Waals surface area contributed by atoms with Crippen LogP contribution in [0.15, 0.2) is 30.3 Å². The number of hydrogen-bond acceptors (Lipinski definition) is 3. The summed E-state index contributed by atoms with van der Waals surface area (Å²) in [5, 5.41) is -0.321. The SMILES string of the molecule is CC(C)S(=O)(=O)N1CCN(CCc2ccccc2)CC1. The molecule has 2 rings (SSSR count). The lowest BCUT2D eigenvalue weighted by Crippen LogP contribution is -2.50. The van der Waals surface area contributed by atoms with E-state index in [0.29, 0.717) is 13.1 Å². The normalized spacial score (nSPS) is 18.6. The average molecular weight is 296 g/mol. The van der Waals surface area contributed by atoms with Crippen molar-refractivity contribution in [3.8, 4) is 0 Å². The Morgan fingerprint density at radius 1 is 1.05 bits per heavy atom. The molecule has 1 fully saturated rings. The van der Waals surface area contributed by atoms with Gasteiger partial charge in [0, 0.05) is 32.7 Å².